The van der Waals surface area contributed by atoms with Crippen LogP contribution in [0.3, 0.4) is 0 Å². The van der Waals surface area contributed by atoms with Gasteiger partial charge in [0.05, 0.1) is 0 Å². The quantitative estimate of drug-likeness (QED) is 0.815. The van der Waals surface area contributed by atoms with Crippen molar-refractivity contribution in [1.82, 2.24) is 4.57 Å². The number of hydrogen-bond donors (Lipinski definition) is 1. The van der Waals surface area contributed by atoms with E-state index in [9.17, 15) is 4.79 Å². The average Bonchev–Trinajstić information content (AvgIpc) is 2.52. The molecule has 1 aromatic carbocycles. The number of carbonyl (C=O) groups is 1. The highest BCUT2D eigenvalue weighted by atomic mass is 16.4. The lowest BCUT2D eigenvalue weighted by Crippen LogP contribution is -2.08. The molecule has 2 aromatic rings. The summed E-state index contributed by atoms with van der Waals surface area (Å²) in [6, 6.07) is 7.78. The van der Waals surface area contributed by atoms with Gasteiger partial charge in [-0.15, -0.1) is 0 Å². The predicted molar refractivity (Wildman–Crippen MR) is 59.3 cm³/mol. The molecule has 0 saturated heterocycles. The SMILES string of the molecule is CCn1c(C(=O)O)c(C)c2ccccc21. The summed E-state index contributed by atoms with van der Waals surface area (Å²) in [7, 11) is 0. The van der Waals surface area contributed by atoms with Crippen molar-refractivity contribution < 1.29 is 9.90 Å². The van der Waals surface area contributed by atoms with Crippen molar-refractivity contribution in [3.05, 3.63) is 35.5 Å². The number of aromatic carboxylic acids is 1. The van der Waals surface area contributed by atoms with Crippen LogP contribution < -0.4 is 0 Å². The van der Waals surface area contributed by atoms with Gasteiger partial charge < -0.3 is 9.67 Å². The summed E-state index contributed by atoms with van der Waals surface area (Å²) < 4.78 is 1.84. The molecule has 0 aliphatic rings. The van der Waals surface area contributed by atoms with Crippen molar-refractivity contribution in [3.63, 3.8) is 0 Å². The third-order valence-electron chi connectivity index (χ3n) is 2.74. The molecule has 0 radical (unpaired) electrons. The Hall–Kier alpha value is -1.77. The fourth-order valence-corrected chi connectivity index (χ4v) is 2.08. The molecule has 2 rings (SSSR count). The minimum Gasteiger partial charge on any atom is -0.477 e. The zero-order valence-corrected chi connectivity index (χ0v) is 8.82. The summed E-state index contributed by atoms with van der Waals surface area (Å²) in [6.07, 6.45) is 0. The smallest absolute Gasteiger partial charge is 0.352 e. The number of hydrogen-bond acceptors (Lipinski definition) is 1. The molecule has 0 saturated carbocycles. The molecule has 15 heavy (non-hydrogen) atoms. The zero-order chi connectivity index (χ0) is 11.0. The van der Waals surface area contributed by atoms with Crippen molar-refractivity contribution >= 4 is 16.9 Å². The van der Waals surface area contributed by atoms with Crippen LogP contribution in [0.15, 0.2) is 24.3 Å². The standard InChI is InChI=1S/C12H13NO2/c1-3-13-10-7-5-4-6-9(10)8(2)11(13)12(14)15/h4-7H,3H2,1-2H3,(H,14,15). The van der Waals surface area contributed by atoms with E-state index in [0.717, 1.165) is 16.5 Å². The number of aromatic nitrogens is 1. The van der Waals surface area contributed by atoms with E-state index in [-0.39, 0.29) is 0 Å². The second kappa shape index (κ2) is 3.42. The van der Waals surface area contributed by atoms with Crippen LogP contribution in [-0.2, 0) is 6.54 Å². The van der Waals surface area contributed by atoms with Crippen LogP contribution in [0.1, 0.15) is 23.0 Å². The Kier molecular flexibility index (Phi) is 2.23. The van der Waals surface area contributed by atoms with Crippen LogP contribution in [0.4, 0.5) is 0 Å². The van der Waals surface area contributed by atoms with Crippen LogP contribution in [0.2, 0.25) is 0 Å². The number of rotatable bonds is 2. The van der Waals surface area contributed by atoms with Crippen molar-refractivity contribution in [1.29, 1.82) is 0 Å². The highest BCUT2D eigenvalue weighted by Crippen LogP contribution is 2.25. The first-order valence-corrected chi connectivity index (χ1v) is 4.98. The van der Waals surface area contributed by atoms with Crippen molar-refractivity contribution in [2.75, 3.05) is 0 Å². The largest absolute Gasteiger partial charge is 0.477 e. The second-order valence-electron chi connectivity index (χ2n) is 3.54. The van der Waals surface area contributed by atoms with E-state index in [1.807, 2.05) is 42.7 Å². The lowest BCUT2D eigenvalue weighted by Gasteiger charge is -2.03. The van der Waals surface area contributed by atoms with Gasteiger partial charge in [0.1, 0.15) is 5.69 Å². The first-order chi connectivity index (χ1) is 7.16. The normalized spacial score (nSPS) is 10.8. The Labute approximate surface area is 87.9 Å². The molecule has 1 N–H and O–H groups in total. The number of benzene rings is 1. The summed E-state index contributed by atoms with van der Waals surface area (Å²) in [5.74, 6) is -0.856. The Morgan fingerprint density at radius 1 is 1.40 bits per heavy atom. The Bertz CT molecular complexity index is 526. The molecular formula is C12H13NO2. The molecule has 0 amide bonds. The Morgan fingerprint density at radius 3 is 2.67 bits per heavy atom. The van der Waals surface area contributed by atoms with Gasteiger partial charge in [0, 0.05) is 17.4 Å². The van der Waals surface area contributed by atoms with E-state index in [0.29, 0.717) is 12.2 Å². The molecule has 0 fully saturated rings. The third kappa shape index (κ3) is 1.31. The van der Waals surface area contributed by atoms with Crippen LogP contribution in [0, 0.1) is 6.92 Å². The van der Waals surface area contributed by atoms with E-state index in [4.69, 9.17) is 5.11 Å². The molecule has 1 heterocycles. The Morgan fingerprint density at radius 2 is 2.07 bits per heavy atom. The van der Waals surface area contributed by atoms with Gasteiger partial charge in [0.25, 0.3) is 0 Å². The molecule has 0 aliphatic carbocycles. The summed E-state index contributed by atoms with van der Waals surface area (Å²) in [5, 5.41) is 10.2. The topological polar surface area (TPSA) is 42.2 Å². The molecule has 3 nitrogen and oxygen atoms in total. The van der Waals surface area contributed by atoms with Crippen LogP contribution in [0.5, 0.6) is 0 Å². The minimum absolute atomic E-state index is 0.402. The highest BCUT2D eigenvalue weighted by molar-refractivity contribution is 5.98. The number of carboxylic acid groups (broad SMARTS) is 1. The minimum atomic E-state index is -0.856. The fourth-order valence-electron chi connectivity index (χ4n) is 2.08. The maximum absolute atomic E-state index is 11.2. The highest BCUT2D eigenvalue weighted by Gasteiger charge is 2.17. The number of carboxylic acids is 1. The first kappa shape index (κ1) is 9.77. The molecular weight excluding hydrogens is 190 g/mol. The van der Waals surface area contributed by atoms with E-state index >= 15 is 0 Å². The number of fused-ring (bicyclic) bond motifs is 1. The molecule has 0 bridgehead atoms. The van der Waals surface area contributed by atoms with Gasteiger partial charge >= 0.3 is 5.97 Å². The molecule has 3 heteroatoms. The fraction of sp³-hybridized carbons (Fsp3) is 0.250. The van der Waals surface area contributed by atoms with Gasteiger partial charge in [-0.25, -0.2) is 4.79 Å². The molecule has 0 unspecified atom stereocenters. The van der Waals surface area contributed by atoms with E-state index in [2.05, 4.69) is 0 Å². The average molecular weight is 203 g/mol. The van der Waals surface area contributed by atoms with Gasteiger partial charge in [0.15, 0.2) is 0 Å². The number of para-hydroxylation sites is 1. The summed E-state index contributed by atoms with van der Waals surface area (Å²) in [4.78, 5) is 11.2. The van der Waals surface area contributed by atoms with Gasteiger partial charge in [-0.3, -0.25) is 0 Å². The van der Waals surface area contributed by atoms with E-state index < -0.39 is 5.97 Å². The molecule has 0 atom stereocenters. The monoisotopic (exact) mass is 203 g/mol. The summed E-state index contributed by atoms with van der Waals surface area (Å²) in [5.41, 5.74) is 2.24. The van der Waals surface area contributed by atoms with E-state index in [1.54, 1.807) is 0 Å². The Balaban J connectivity index is 2.90. The predicted octanol–water partition coefficient (Wildman–Crippen LogP) is 2.67. The second-order valence-corrected chi connectivity index (χ2v) is 3.54. The third-order valence-corrected chi connectivity index (χ3v) is 2.74. The van der Waals surface area contributed by atoms with Crippen molar-refractivity contribution in [3.8, 4) is 0 Å². The first-order valence-electron chi connectivity index (χ1n) is 4.98. The van der Waals surface area contributed by atoms with Gasteiger partial charge in [-0.05, 0) is 25.5 Å². The number of aryl methyl sites for hydroxylation is 2. The summed E-state index contributed by atoms with van der Waals surface area (Å²) >= 11 is 0. The van der Waals surface area contributed by atoms with Crippen LogP contribution in [-0.4, -0.2) is 15.6 Å². The lowest BCUT2D eigenvalue weighted by atomic mass is 10.1. The van der Waals surface area contributed by atoms with E-state index in [1.165, 1.54) is 0 Å². The van der Waals surface area contributed by atoms with Crippen LogP contribution in [0.25, 0.3) is 10.9 Å². The lowest BCUT2D eigenvalue weighted by molar-refractivity contribution is 0.0685. The summed E-state index contributed by atoms with van der Waals surface area (Å²) in [6.45, 7) is 4.49. The maximum Gasteiger partial charge on any atom is 0.352 e. The van der Waals surface area contributed by atoms with Crippen molar-refractivity contribution in [2.24, 2.45) is 0 Å². The van der Waals surface area contributed by atoms with Gasteiger partial charge in [0.2, 0.25) is 0 Å². The number of nitrogens with zero attached hydrogens (tertiary/aromatic N) is 1. The molecule has 1 aromatic heterocycles. The van der Waals surface area contributed by atoms with Crippen molar-refractivity contribution in [2.45, 2.75) is 20.4 Å². The maximum atomic E-state index is 11.2. The zero-order valence-electron chi connectivity index (χ0n) is 8.82. The van der Waals surface area contributed by atoms with Gasteiger partial charge in [-0.2, -0.15) is 0 Å². The molecule has 0 aliphatic heterocycles. The molecule has 78 valence electrons. The molecule has 0 spiro atoms. The van der Waals surface area contributed by atoms with Crippen LogP contribution >= 0.6 is 0 Å². The van der Waals surface area contributed by atoms with Gasteiger partial charge in [-0.1, -0.05) is 18.2 Å².